The van der Waals surface area contributed by atoms with Crippen molar-refractivity contribution in [2.24, 2.45) is 5.73 Å². The Hall–Kier alpha value is -1.09. The molecule has 1 aliphatic carbocycles. The van der Waals surface area contributed by atoms with Crippen LogP contribution < -0.4 is 10.6 Å². The summed E-state index contributed by atoms with van der Waals surface area (Å²) >= 11 is 0. The van der Waals surface area contributed by atoms with Gasteiger partial charge in [0.25, 0.3) is 0 Å². The highest BCUT2D eigenvalue weighted by Gasteiger charge is 2.31. The number of aromatic nitrogens is 1. The van der Waals surface area contributed by atoms with E-state index in [0.29, 0.717) is 18.6 Å². The number of anilines is 1. The number of hydrogen-bond donors (Lipinski definition) is 1. The first-order chi connectivity index (χ1) is 7.22. The molecule has 2 N–H and O–H groups in total. The first-order valence-electron chi connectivity index (χ1n) is 5.63. The minimum atomic E-state index is 0.416. The molecule has 0 saturated heterocycles. The molecular formula is C12H19N3. The van der Waals surface area contributed by atoms with Gasteiger partial charge in [-0.2, -0.15) is 0 Å². The summed E-state index contributed by atoms with van der Waals surface area (Å²) in [6.45, 7) is 4.92. The predicted octanol–water partition coefficient (Wildman–Crippen LogP) is 1.71. The molecule has 0 radical (unpaired) electrons. The number of nitrogens with two attached hydrogens (primary N) is 1. The lowest BCUT2D eigenvalue weighted by molar-refractivity contribution is 0.637. The van der Waals surface area contributed by atoms with Gasteiger partial charge in [-0.3, -0.25) is 4.98 Å². The Bertz CT molecular complexity index is 333. The van der Waals surface area contributed by atoms with Crippen LogP contribution in [0.25, 0.3) is 0 Å². The Kier molecular flexibility index (Phi) is 2.91. The van der Waals surface area contributed by atoms with Crippen LogP contribution in [0, 0.1) is 6.92 Å². The van der Waals surface area contributed by atoms with Crippen LogP contribution in [0.4, 0.5) is 5.69 Å². The Balaban J connectivity index is 2.23. The molecule has 1 saturated carbocycles. The summed E-state index contributed by atoms with van der Waals surface area (Å²) in [6.07, 6.45) is 4.47. The molecule has 1 aromatic heterocycles. The molecule has 1 atom stereocenters. The fourth-order valence-corrected chi connectivity index (χ4v) is 1.98. The Labute approximate surface area is 91.3 Å². The van der Waals surface area contributed by atoms with E-state index in [1.807, 2.05) is 13.1 Å². The van der Waals surface area contributed by atoms with Crippen molar-refractivity contribution in [2.45, 2.75) is 38.8 Å². The van der Waals surface area contributed by atoms with Crippen molar-refractivity contribution in [3.8, 4) is 0 Å². The highest BCUT2D eigenvalue weighted by Crippen LogP contribution is 2.33. The highest BCUT2D eigenvalue weighted by molar-refractivity contribution is 5.49. The number of rotatable bonds is 4. The number of hydrogen-bond acceptors (Lipinski definition) is 3. The van der Waals surface area contributed by atoms with E-state index in [4.69, 9.17) is 5.73 Å². The molecule has 0 aliphatic heterocycles. The predicted molar refractivity (Wildman–Crippen MR) is 63.0 cm³/mol. The molecule has 1 unspecified atom stereocenters. The van der Waals surface area contributed by atoms with Gasteiger partial charge in [0.15, 0.2) is 0 Å². The second-order valence-corrected chi connectivity index (χ2v) is 4.38. The fraction of sp³-hybridized carbons (Fsp3) is 0.583. The third kappa shape index (κ3) is 2.29. The molecule has 0 spiro atoms. The summed E-state index contributed by atoms with van der Waals surface area (Å²) in [6, 6.07) is 5.34. The van der Waals surface area contributed by atoms with Crippen molar-refractivity contribution >= 4 is 5.69 Å². The molecule has 1 aliphatic rings. The van der Waals surface area contributed by atoms with Crippen molar-refractivity contribution in [1.82, 2.24) is 4.98 Å². The Morgan fingerprint density at radius 1 is 1.60 bits per heavy atom. The molecule has 1 fully saturated rings. The molecule has 3 nitrogen and oxygen atoms in total. The standard InChI is InChI=1S/C12H19N3/c1-9-7-12(5-6-14-9)15(10(2)8-13)11-3-4-11/h5-7,10-11H,3-4,8,13H2,1-2H3. The minimum absolute atomic E-state index is 0.416. The zero-order chi connectivity index (χ0) is 10.8. The van der Waals surface area contributed by atoms with E-state index >= 15 is 0 Å². The summed E-state index contributed by atoms with van der Waals surface area (Å²) in [5.74, 6) is 0. The van der Waals surface area contributed by atoms with Crippen LogP contribution in [0.2, 0.25) is 0 Å². The van der Waals surface area contributed by atoms with E-state index in [9.17, 15) is 0 Å². The highest BCUT2D eigenvalue weighted by atomic mass is 15.2. The van der Waals surface area contributed by atoms with E-state index in [2.05, 4.69) is 28.9 Å². The van der Waals surface area contributed by atoms with Gasteiger partial charge in [0.1, 0.15) is 0 Å². The van der Waals surface area contributed by atoms with Crippen LogP contribution in [-0.2, 0) is 0 Å². The second-order valence-electron chi connectivity index (χ2n) is 4.38. The van der Waals surface area contributed by atoms with Crippen molar-refractivity contribution in [3.05, 3.63) is 24.0 Å². The maximum absolute atomic E-state index is 5.76. The molecule has 0 amide bonds. The minimum Gasteiger partial charge on any atom is -0.364 e. The SMILES string of the molecule is Cc1cc(N(C(C)CN)C2CC2)ccn1. The summed E-state index contributed by atoms with van der Waals surface area (Å²) in [7, 11) is 0. The van der Waals surface area contributed by atoms with Crippen molar-refractivity contribution < 1.29 is 0 Å². The summed E-state index contributed by atoms with van der Waals surface area (Å²) in [5.41, 5.74) is 8.09. The van der Waals surface area contributed by atoms with Gasteiger partial charge in [0.2, 0.25) is 0 Å². The van der Waals surface area contributed by atoms with Crippen LogP contribution >= 0.6 is 0 Å². The molecule has 3 heteroatoms. The van der Waals surface area contributed by atoms with Crippen LogP contribution in [-0.4, -0.2) is 23.6 Å². The van der Waals surface area contributed by atoms with Gasteiger partial charge in [-0.1, -0.05) is 0 Å². The van der Waals surface area contributed by atoms with E-state index in [-0.39, 0.29) is 0 Å². The molecular weight excluding hydrogens is 186 g/mol. The lowest BCUT2D eigenvalue weighted by Gasteiger charge is -2.30. The molecule has 1 heterocycles. The van der Waals surface area contributed by atoms with Crippen molar-refractivity contribution in [1.29, 1.82) is 0 Å². The normalized spacial score (nSPS) is 17.5. The van der Waals surface area contributed by atoms with Crippen LogP contribution in [0.1, 0.15) is 25.5 Å². The maximum atomic E-state index is 5.76. The zero-order valence-electron chi connectivity index (χ0n) is 9.48. The quantitative estimate of drug-likeness (QED) is 0.813. The molecule has 2 rings (SSSR count). The van der Waals surface area contributed by atoms with Gasteiger partial charge < -0.3 is 10.6 Å². The lowest BCUT2D eigenvalue weighted by atomic mass is 10.2. The maximum Gasteiger partial charge on any atom is 0.0405 e. The van der Waals surface area contributed by atoms with E-state index in [0.717, 1.165) is 5.69 Å². The Morgan fingerprint density at radius 2 is 2.33 bits per heavy atom. The van der Waals surface area contributed by atoms with Crippen LogP contribution in [0.5, 0.6) is 0 Å². The average molecular weight is 205 g/mol. The average Bonchev–Trinajstić information content (AvgIpc) is 3.02. The first-order valence-corrected chi connectivity index (χ1v) is 5.63. The van der Waals surface area contributed by atoms with E-state index in [1.165, 1.54) is 18.5 Å². The summed E-state index contributed by atoms with van der Waals surface area (Å²) in [4.78, 5) is 6.67. The number of nitrogens with zero attached hydrogens (tertiary/aromatic N) is 2. The molecule has 1 aromatic rings. The molecule has 82 valence electrons. The monoisotopic (exact) mass is 205 g/mol. The van der Waals surface area contributed by atoms with Gasteiger partial charge >= 0.3 is 0 Å². The lowest BCUT2D eigenvalue weighted by Crippen LogP contribution is -2.40. The summed E-state index contributed by atoms with van der Waals surface area (Å²) in [5, 5.41) is 0. The van der Waals surface area contributed by atoms with Gasteiger partial charge in [-0.25, -0.2) is 0 Å². The molecule has 0 aromatic carbocycles. The Morgan fingerprint density at radius 3 is 2.87 bits per heavy atom. The van der Waals surface area contributed by atoms with E-state index in [1.54, 1.807) is 0 Å². The second kappa shape index (κ2) is 4.19. The number of pyridine rings is 1. The summed E-state index contributed by atoms with van der Waals surface area (Å²) < 4.78 is 0. The zero-order valence-corrected chi connectivity index (χ0v) is 9.48. The van der Waals surface area contributed by atoms with Gasteiger partial charge in [-0.05, 0) is 38.8 Å². The van der Waals surface area contributed by atoms with Crippen molar-refractivity contribution in [3.63, 3.8) is 0 Å². The largest absolute Gasteiger partial charge is 0.364 e. The fourth-order valence-electron chi connectivity index (χ4n) is 1.98. The number of aryl methyl sites for hydroxylation is 1. The van der Waals surface area contributed by atoms with Gasteiger partial charge in [0, 0.05) is 36.2 Å². The third-order valence-electron chi connectivity index (χ3n) is 2.93. The van der Waals surface area contributed by atoms with Gasteiger partial charge in [-0.15, -0.1) is 0 Å². The molecule has 15 heavy (non-hydrogen) atoms. The third-order valence-corrected chi connectivity index (χ3v) is 2.93. The van der Waals surface area contributed by atoms with Gasteiger partial charge in [0.05, 0.1) is 0 Å². The molecule has 0 bridgehead atoms. The topological polar surface area (TPSA) is 42.1 Å². The van der Waals surface area contributed by atoms with E-state index < -0.39 is 0 Å². The van der Waals surface area contributed by atoms with Crippen LogP contribution in [0.15, 0.2) is 18.3 Å². The smallest absolute Gasteiger partial charge is 0.0405 e. The first kappa shape index (κ1) is 10.4. The van der Waals surface area contributed by atoms with Crippen molar-refractivity contribution in [2.75, 3.05) is 11.4 Å². The van der Waals surface area contributed by atoms with Crippen LogP contribution in [0.3, 0.4) is 0 Å².